The van der Waals surface area contributed by atoms with Crippen LogP contribution in [0.3, 0.4) is 0 Å². The number of nitrogens with two attached hydrogens (primary N) is 1. The molecule has 1 aliphatic carbocycles. The van der Waals surface area contributed by atoms with Crippen molar-refractivity contribution >= 4 is 29.5 Å². The van der Waals surface area contributed by atoms with Crippen LogP contribution in [-0.4, -0.2) is 62.8 Å². The predicted octanol–water partition coefficient (Wildman–Crippen LogP) is 3.57. The first-order valence-corrected chi connectivity index (χ1v) is 13.8. The number of nitrogens with zero attached hydrogens (tertiary/aromatic N) is 5. The molecule has 0 atom stereocenters. The Morgan fingerprint density at radius 1 is 1.23 bits per heavy atom. The topological polar surface area (TPSA) is 151 Å². The normalized spacial score (nSPS) is 13.3. The van der Waals surface area contributed by atoms with Gasteiger partial charge in [-0.3, -0.25) is 18.7 Å². The molecule has 0 bridgehead atoms. The molecular weight excluding hydrogens is 569 g/mol. The molecule has 1 aromatic carbocycles. The van der Waals surface area contributed by atoms with Crippen molar-refractivity contribution in [2.75, 3.05) is 31.6 Å². The summed E-state index contributed by atoms with van der Waals surface area (Å²) in [5.74, 6) is 0.261. The second-order valence-electron chi connectivity index (χ2n) is 9.99. The average molecular weight is 601 g/mol. The summed E-state index contributed by atoms with van der Waals surface area (Å²) in [5.41, 5.74) is 5.81. The minimum absolute atomic E-state index is 0.0974. The molecule has 1 saturated carbocycles. The highest BCUT2D eigenvalue weighted by Crippen LogP contribution is 2.39. The Hall–Kier alpha value is -4.50. The van der Waals surface area contributed by atoms with Gasteiger partial charge in [0.1, 0.15) is 0 Å². The summed E-state index contributed by atoms with van der Waals surface area (Å²) in [4.78, 5) is 33.0. The van der Waals surface area contributed by atoms with Crippen molar-refractivity contribution in [3.05, 3.63) is 53.7 Å². The highest BCUT2D eigenvalue weighted by atomic mass is 19.4. The minimum atomic E-state index is -4.66. The summed E-state index contributed by atoms with van der Waals surface area (Å²) in [5, 5.41) is 9.68. The number of amides is 1. The predicted molar refractivity (Wildman–Crippen MR) is 150 cm³/mol. The number of anilines is 2. The van der Waals surface area contributed by atoms with Crippen LogP contribution in [0.2, 0.25) is 0 Å². The summed E-state index contributed by atoms with van der Waals surface area (Å²) < 4.78 is 55.3. The Kier molecular flexibility index (Phi) is 8.92. The van der Waals surface area contributed by atoms with Gasteiger partial charge < -0.3 is 25.8 Å². The molecule has 0 radical (unpaired) electrons. The number of nitrogens with one attached hydrogen (secondary N) is 2. The summed E-state index contributed by atoms with van der Waals surface area (Å²) >= 11 is 0. The molecule has 1 amide bonds. The molecule has 0 spiro atoms. The minimum Gasteiger partial charge on any atom is -0.426 e. The summed E-state index contributed by atoms with van der Waals surface area (Å²) in [6.45, 7) is 3.77. The van der Waals surface area contributed by atoms with E-state index in [-0.39, 0.29) is 54.0 Å². The van der Waals surface area contributed by atoms with Crippen LogP contribution in [0.1, 0.15) is 41.4 Å². The van der Waals surface area contributed by atoms with Crippen molar-refractivity contribution in [2.24, 2.45) is 11.7 Å². The Morgan fingerprint density at radius 3 is 2.74 bits per heavy atom. The lowest BCUT2D eigenvalue weighted by Gasteiger charge is -2.17. The van der Waals surface area contributed by atoms with E-state index < -0.39 is 11.9 Å². The number of hydrogen-bond acceptors (Lipinski definition) is 9. The van der Waals surface area contributed by atoms with Crippen LogP contribution in [0.5, 0.6) is 5.75 Å². The van der Waals surface area contributed by atoms with E-state index >= 15 is 0 Å². The van der Waals surface area contributed by atoms with Gasteiger partial charge in [0.15, 0.2) is 22.9 Å². The lowest BCUT2D eigenvalue weighted by atomic mass is 10.0. The zero-order chi connectivity index (χ0) is 30.6. The molecule has 4 N–H and O–H groups in total. The SMILES string of the molecule is CCc1c(C(=O)NCCOCCN)ccc(Nc2nccn3c(-c4cn(CC5CC5)nc4C(F)(F)F)cnc23)c1OC=O. The number of benzene rings is 1. The van der Waals surface area contributed by atoms with Gasteiger partial charge in [-0.1, -0.05) is 6.92 Å². The number of aromatic nitrogens is 5. The fourth-order valence-corrected chi connectivity index (χ4v) is 4.80. The number of ether oxygens (including phenoxy) is 2. The van der Waals surface area contributed by atoms with Crippen molar-refractivity contribution in [1.82, 2.24) is 29.5 Å². The summed E-state index contributed by atoms with van der Waals surface area (Å²) in [6, 6.07) is 3.13. The van der Waals surface area contributed by atoms with Gasteiger partial charge >= 0.3 is 6.18 Å². The molecule has 15 heteroatoms. The van der Waals surface area contributed by atoms with Gasteiger partial charge in [0.25, 0.3) is 12.4 Å². The van der Waals surface area contributed by atoms with Gasteiger partial charge in [-0.2, -0.15) is 18.3 Å². The smallest absolute Gasteiger partial charge is 0.426 e. The van der Waals surface area contributed by atoms with E-state index in [1.165, 1.54) is 33.9 Å². The van der Waals surface area contributed by atoms with E-state index in [0.717, 1.165) is 12.8 Å². The van der Waals surface area contributed by atoms with E-state index in [1.807, 2.05) is 0 Å². The van der Waals surface area contributed by atoms with Crippen LogP contribution >= 0.6 is 0 Å². The highest BCUT2D eigenvalue weighted by molar-refractivity contribution is 5.97. The zero-order valence-electron chi connectivity index (χ0n) is 23.4. The van der Waals surface area contributed by atoms with Crippen molar-refractivity contribution in [3.8, 4) is 17.0 Å². The van der Waals surface area contributed by atoms with Gasteiger partial charge in [-0.15, -0.1) is 0 Å². The number of carbonyl (C=O) groups excluding carboxylic acids is 2. The Labute approximate surface area is 244 Å². The maximum absolute atomic E-state index is 14.0. The second-order valence-corrected chi connectivity index (χ2v) is 9.99. The summed E-state index contributed by atoms with van der Waals surface area (Å²) in [6.07, 6.45) is 3.28. The molecule has 5 rings (SSSR count). The Balaban J connectivity index is 1.47. The fraction of sp³-hybridized carbons (Fsp3) is 0.393. The Morgan fingerprint density at radius 2 is 2.05 bits per heavy atom. The third-order valence-corrected chi connectivity index (χ3v) is 6.95. The van der Waals surface area contributed by atoms with E-state index in [1.54, 1.807) is 19.1 Å². The third-order valence-electron chi connectivity index (χ3n) is 6.95. The lowest BCUT2D eigenvalue weighted by Crippen LogP contribution is -2.29. The lowest BCUT2D eigenvalue weighted by molar-refractivity contribution is -0.141. The average Bonchev–Trinajstić information content (AvgIpc) is 3.51. The number of rotatable bonds is 14. The van der Waals surface area contributed by atoms with E-state index in [9.17, 15) is 22.8 Å². The van der Waals surface area contributed by atoms with Gasteiger partial charge in [0, 0.05) is 49.4 Å². The van der Waals surface area contributed by atoms with E-state index in [0.29, 0.717) is 48.8 Å². The highest BCUT2D eigenvalue weighted by Gasteiger charge is 2.39. The molecule has 0 aliphatic heterocycles. The van der Waals surface area contributed by atoms with Crippen molar-refractivity contribution in [1.29, 1.82) is 0 Å². The quantitative estimate of drug-likeness (QED) is 0.146. The van der Waals surface area contributed by atoms with Crippen LogP contribution in [-0.2, 0) is 28.7 Å². The van der Waals surface area contributed by atoms with Crippen molar-refractivity contribution in [3.63, 3.8) is 0 Å². The molecule has 1 aliphatic rings. The fourth-order valence-electron chi connectivity index (χ4n) is 4.80. The number of hydrogen-bond donors (Lipinski definition) is 3. The molecule has 3 aromatic heterocycles. The van der Waals surface area contributed by atoms with Crippen LogP contribution < -0.4 is 21.1 Å². The molecule has 3 heterocycles. The number of alkyl halides is 3. The number of halogens is 3. The molecule has 4 aromatic rings. The maximum Gasteiger partial charge on any atom is 0.435 e. The molecule has 228 valence electrons. The zero-order valence-corrected chi connectivity index (χ0v) is 23.4. The molecular formula is C28H31F3N8O4. The second kappa shape index (κ2) is 12.8. The van der Waals surface area contributed by atoms with Gasteiger partial charge in [-0.05, 0) is 37.3 Å². The standard InChI is InChI=1S/C28H31F3N8O4/c1-2-18-19(27(41)34-9-12-42-11-7-32)5-6-21(23(18)43-16-40)36-25-26-35-13-22(39(26)10-8-33-25)20-15-38(14-17-3-4-17)37-24(20)28(29,30)31/h5-6,8,10,13,15-17H,2-4,7,9,11-12,14,32H2,1H3,(H,33,36)(H,34,41). The van der Waals surface area contributed by atoms with Crippen LogP contribution in [0.4, 0.5) is 24.7 Å². The van der Waals surface area contributed by atoms with Gasteiger partial charge in [0.2, 0.25) is 0 Å². The van der Waals surface area contributed by atoms with Crippen LogP contribution in [0, 0.1) is 5.92 Å². The first-order chi connectivity index (χ1) is 20.7. The third kappa shape index (κ3) is 6.62. The maximum atomic E-state index is 14.0. The van der Waals surface area contributed by atoms with Crippen LogP contribution in [0.25, 0.3) is 16.9 Å². The monoisotopic (exact) mass is 600 g/mol. The number of carbonyl (C=O) groups is 2. The molecule has 12 nitrogen and oxygen atoms in total. The molecule has 0 unspecified atom stereocenters. The first-order valence-electron chi connectivity index (χ1n) is 13.8. The summed E-state index contributed by atoms with van der Waals surface area (Å²) in [7, 11) is 0. The number of fused-ring (bicyclic) bond motifs is 1. The van der Waals surface area contributed by atoms with Crippen molar-refractivity contribution in [2.45, 2.75) is 38.9 Å². The van der Waals surface area contributed by atoms with E-state index in [2.05, 4.69) is 25.7 Å². The first kappa shape index (κ1) is 30.0. The van der Waals surface area contributed by atoms with E-state index in [4.69, 9.17) is 15.2 Å². The number of imidazole rings is 1. The molecule has 1 fully saturated rings. The molecule has 0 saturated heterocycles. The van der Waals surface area contributed by atoms with Gasteiger partial charge in [0.05, 0.1) is 36.4 Å². The van der Waals surface area contributed by atoms with Crippen molar-refractivity contribution < 1.29 is 32.2 Å². The largest absolute Gasteiger partial charge is 0.435 e. The van der Waals surface area contributed by atoms with Crippen LogP contribution in [0.15, 0.2) is 36.9 Å². The van der Waals surface area contributed by atoms with Gasteiger partial charge in [-0.25, -0.2) is 9.97 Å². The molecule has 43 heavy (non-hydrogen) atoms. The Bertz CT molecular complexity index is 1610.